The van der Waals surface area contributed by atoms with Gasteiger partial charge in [-0.05, 0) is 61.0 Å². The lowest BCUT2D eigenvalue weighted by molar-refractivity contribution is -0.119. The minimum Gasteiger partial charge on any atom is -0.497 e. The summed E-state index contributed by atoms with van der Waals surface area (Å²) in [4.78, 5) is 12.6. The van der Waals surface area contributed by atoms with Crippen LogP contribution in [0.3, 0.4) is 0 Å². The van der Waals surface area contributed by atoms with Crippen LogP contribution in [-0.4, -0.2) is 33.5 Å². The average molecular weight is 483 g/mol. The Hall–Kier alpha value is -3.23. The number of ether oxygens (including phenoxy) is 1. The number of halogens is 1. The monoisotopic (exact) mass is 482 g/mol. The van der Waals surface area contributed by atoms with Crippen LogP contribution in [0.2, 0.25) is 5.02 Å². The van der Waals surface area contributed by atoms with Crippen molar-refractivity contribution in [2.45, 2.75) is 24.7 Å². The second-order valence-electron chi connectivity index (χ2n) is 7.33. The van der Waals surface area contributed by atoms with Gasteiger partial charge >= 0.3 is 0 Å². The van der Waals surface area contributed by atoms with E-state index in [9.17, 15) is 4.79 Å². The summed E-state index contributed by atoms with van der Waals surface area (Å²) in [5, 5.41) is 13.0. The predicted molar refractivity (Wildman–Crippen MR) is 129 cm³/mol. The highest BCUT2D eigenvalue weighted by molar-refractivity contribution is 7.99. The second-order valence-corrected chi connectivity index (χ2v) is 8.71. The number of amides is 1. The van der Waals surface area contributed by atoms with Gasteiger partial charge in [-0.25, -0.2) is 0 Å². The normalized spacial score (nSPS) is 11.8. The summed E-state index contributed by atoms with van der Waals surface area (Å²) >= 11 is 7.28. The Labute approximate surface area is 201 Å². The molecule has 0 bridgehead atoms. The van der Waals surface area contributed by atoms with Crippen LogP contribution in [0.5, 0.6) is 5.75 Å². The van der Waals surface area contributed by atoms with Crippen molar-refractivity contribution in [1.82, 2.24) is 20.1 Å². The summed E-state index contributed by atoms with van der Waals surface area (Å²) in [7, 11) is 1.63. The maximum absolute atomic E-state index is 12.6. The Morgan fingerprint density at radius 3 is 2.58 bits per heavy atom. The Balaban J connectivity index is 1.48. The minimum atomic E-state index is -0.133. The largest absolute Gasteiger partial charge is 0.497 e. The molecule has 9 heteroatoms. The Bertz CT molecular complexity index is 1190. The number of benzene rings is 2. The highest BCUT2D eigenvalue weighted by Crippen LogP contribution is 2.27. The third-order valence-electron chi connectivity index (χ3n) is 5.04. The summed E-state index contributed by atoms with van der Waals surface area (Å²) in [6, 6.07) is 18.6. The van der Waals surface area contributed by atoms with Gasteiger partial charge in [-0.3, -0.25) is 9.36 Å². The zero-order valence-corrected chi connectivity index (χ0v) is 19.8. The molecule has 1 amide bonds. The number of furan rings is 1. The number of methoxy groups -OCH3 is 1. The zero-order valence-electron chi connectivity index (χ0n) is 18.2. The summed E-state index contributed by atoms with van der Waals surface area (Å²) in [5.74, 6) is 2.33. The van der Waals surface area contributed by atoms with E-state index in [1.807, 2.05) is 72.2 Å². The number of carbonyl (C=O) groups excluding carboxylic acids is 1. The molecule has 170 valence electrons. The smallest absolute Gasteiger partial charge is 0.230 e. The molecule has 0 aliphatic carbocycles. The zero-order chi connectivity index (χ0) is 23.2. The number of rotatable bonds is 9. The maximum atomic E-state index is 12.6. The molecule has 0 saturated carbocycles. The third-order valence-corrected chi connectivity index (χ3v) is 6.26. The van der Waals surface area contributed by atoms with Crippen LogP contribution in [0.15, 0.2) is 76.5 Å². The molecule has 1 unspecified atom stereocenters. The van der Waals surface area contributed by atoms with Crippen molar-refractivity contribution in [3.8, 4) is 17.1 Å². The Morgan fingerprint density at radius 1 is 1.15 bits per heavy atom. The van der Waals surface area contributed by atoms with E-state index in [0.717, 1.165) is 22.6 Å². The Morgan fingerprint density at radius 2 is 1.91 bits per heavy atom. The number of hydrogen-bond donors (Lipinski definition) is 1. The lowest BCUT2D eigenvalue weighted by atomic mass is 10.1. The van der Waals surface area contributed by atoms with Crippen LogP contribution in [0.1, 0.15) is 24.3 Å². The van der Waals surface area contributed by atoms with Gasteiger partial charge in [0.05, 0.1) is 31.7 Å². The molecule has 0 aliphatic heterocycles. The molecule has 0 saturated heterocycles. The minimum absolute atomic E-state index is 0.0963. The van der Waals surface area contributed by atoms with Gasteiger partial charge in [0.2, 0.25) is 5.91 Å². The molecule has 0 radical (unpaired) electrons. The van der Waals surface area contributed by atoms with Crippen molar-refractivity contribution < 1.29 is 13.9 Å². The van der Waals surface area contributed by atoms with Crippen molar-refractivity contribution >= 4 is 29.3 Å². The first-order valence-electron chi connectivity index (χ1n) is 10.3. The number of carbonyl (C=O) groups is 1. The highest BCUT2D eigenvalue weighted by Gasteiger charge is 2.18. The molecule has 0 spiro atoms. The standard InChI is InChI=1S/C24H23ClN4O3S/c1-16(17-5-9-19(25)10-6-17)26-22(30)15-33-24-28-27-23(18-7-11-20(31-2)12-8-18)29(24)14-21-4-3-13-32-21/h3-13,16H,14-15H2,1-2H3,(H,26,30). The molecule has 2 heterocycles. The van der Waals surface area contributed by atoms with E-state index < -0.39 is 0 Å². The number of hydrogen-bond acceptors (Lipinski definition) is 6. The fraction of sp³-hybridized carbons (Fsp3) is 0.208. The summed E-state index contributed by atoms with van der Waals surface area (Å²) in [5.41, 5.74) is 1.88. The average Bonchev–Trinajstić information content (AvgIpc) is 3.48. The van der Waals surface area contributed by atoms with Gasteiger partial charge in [0.1, 0.15) is 11.5 Å². The lowest BCUT2D eigenvalue weighted by Gasteiger charge is -2.14. The predicted octanol–water partition coefficient (Wildman–Crippen LogP) is 5.22. The topological polar surface area (TPSA) is 82.2 Å². The van der Waals surface area contributed by atoms with Crippen molar-refractivity contribution in [2.24, 2.45) is 0 Å². The van der Waals surface area contributed by atoms with Gasteiger partial charge < -0.3 is 14.5 Å². The fourth-order valence-electron chi connectivity index (χ4n) is 3.30. The van der Waals surface area contributed by atoms with Crippen molar-refractivity contribution in [3.05, 3.63) is 83.3 Å². The summed E-state index contributed by atoms with van der Waals surface area (Å²) in [6.07, 6.45) is 1.63. The van der Waals surface area contributed by atoms with E-state index >= 15 is 0 Å². The van der Waals surface area contributed by atoms with Crippen molar-refractivity contribution in [3.63, 3.8) is 0 Å². The van der Waals surface area contributed by atoms with Crippen molar-refractivity contribution in [1.29, 1.82) is 0 Å². The SMILES string of the molecule is COc1ccc(-c2nnc(SCC(=O)NC(C)c3ccc(Cl)cc3)n2Cc2ccco2)cc1. The van der Waals surface area contributed by atoms with Crippen LogP contribution in [-0.2, 0) is 11.3 Å². The van der Waals surface area contributed by atoms with E-state index in [4.69, 9.17) is 20.8 Å². The van der Waals surface area contributed by atoms with E-state index in [2.05, 4.69) is 15.5 Å². The molecular weight excluding hydrogens is 460 g/mol. The van der Waals surface area contributed by atoms with Gasteiger partial charge in [0, 0.05) is 10.6 Å². The van der Waals surface area contributed by atoms with Gasteiger partial charge in [-0.1, -0.05) is 35.5 Å². The van der Waals surface area contributed by atoms with E-state index in [-0.39, 0.29) is 17.7 Å². The summed E-state index contributed by atoms with van der Waals surface area (Å²) < 4.78 is 12.7. The van der Waals surface area contributed by atoms with Gasteiger partial charge in [-0.2, -0.15) is 0 Å². The first-order chi connectivity index (χ1) is 16.0. The molecule has 0 fully saturated rings. The molecule has 1 atom stereocenters. The first-order valence-corrected chi connectivity index (χ1v) is 11.7. The van der Waals surface area contributed by atoms with Crippen molar-refractivity contribution in [2.75, 3.05) is 12.9 Å². The molecule has 4 rings (SSSR count). The van der Waals surface area contributed by atoms with Crippen LogP contribution >= 0.6 is 23.4 Å². The van der Waals surface area contributed by atoms with Gasteiger partial charge in [0.25, 0.3) is 0 Å². The summed E-state index contributed by atoms with van der Waals surface area (Å²) in [6.45, 7) is 2.39. The fourth-order valence-corrected chi connectivity index (χ4v) is 4.17. The molecule has 33 heavy (non-hydrogen) atoms. The van der Waals surface area contributed by atoms with Gasteiger partial charge in [-0.15, -0.1) is 10.2 Å². The van der Waals surface area contributed by atoms with E-state index in [1.54, 1.807) is 13.4 Å². The van der Waals surface area contributed by atoms with Crippen LogP contribution in [0.25, 0.3) is 11.4 Å². The quantitative estimate of drug-likeness (QED) is 0.329. The molecule has 0 aliphatic rings. The van der Waals surface area contributed by atoms with Crippen LogP contribution in [0.4, 0.5) is 0 Å². The second kappa shape index (κ2) is 10.6. The molecule has 2 aromatic heterocycles. The maximum Gasteiger partial charge on any atom is 0.230 e. The highest BCUT2D eigenvalue weighted by atomic mass is 35.5. The van der Waals surface area contributed by atoms with Crippen LogP contribution in [0, 0.1) is 0 Å². The van der Waals surface area contributed by atoms with E-state index in [1.165, 1.54) is 11.8 Å². The number of nitrogens with zero attached hydrogens (tertiary/aromatic N) is 3. The Kier molecular flexibility index (Phi) is 7.36. The lowest BCUT2D eigenvalue weighted by Crippen LogP contribution is -2.28. The molecule has 2 aromatic carbocycles. The molecule has 1 N–H and O–H groups in total. The molecular formula is C24H23ClN4O3S. The molecule has 7 nitrogen and oxygen atoms in total. The van der Waals surface area contributed by atoms with Crippen LogP contribution < -0.4 is 10.1 Å². The third kappa shape index (κ3) is 5.77. The first kappa shape index (κ1) is 22.9. The number of aromatic nitrogens is 3. The van der Waals surface area contributed by atoms with Gasteiger partial charge in [0.15, 0.2) is 11.0 Å². The molecule has 4 aromatic rings. The number of nitrogens with one attached hydrogen (secondary N) is 1. The number of thioether (sulfide) groups is 1. The van der Waals surface area contributed by atoms with E-state index in [0.29, 0.717) is 22.5 Å².